The average molecular weight is 251 g/mol. The van der Waals surface area contributed by atoms with Crippen LogP contribution in [0.3, 0.4) is 0 Å². The molecule has 2 bridgehead atoms. The first-order valence-electron chi connectivity index (χ1n) is 7.93. The molecule has 0 unspecified atom stereocenters. The number of likely N-dealkylation sites (tertiary alicyclic amines) is 3. The molecule has 3 aliphatic heterocycles. The Morgan fingerprint density at radius 2 is 1.83 bits per heavy atom. The minimum atomic E-state index is 0.871. The Bertz CT molecular complexity index is 271. The van der Waals surface area contributed by atoms with Crippen LogP contribution < -0.4 is 0 Å². The molecule has 18 heavy (non-hydrogen) atoms. The van der Waals surface area contributed by atoms with Gasteiger partial charge in [-0.05, 0) is 58.3 Å². The van der Waals surface area contributed by atoms with E-state index in [0.29, 0.717) is 0 Å². The number of piperidine rings is 1. The zero-order valence-corrected chi connectivity index (χ0v) is 12.1. The summed E-state index contributed by atoms with van der Waals surface area (Å²) in [5, 5.41) is 0. The maximum absolute atomic E-state index is 2.80. The van der Waals surface area contributed by atoms with Gasteiger partial charge in [-0.1, -0.05) is 6.92 Å². The summed E-state index contributed by atoms with van der Waals surface area (Å²) in [5.41, 5.74) is 0. The second-order valence-electron chi connectivity index (χ2n) is 6.72. The van der Waals surface area contributed by atoms with E-state index in [4.69, 9.17) is 0 Å². The highest BCUT2D eigenvalue weighted by Crippen LogP contribution is 2.31. The molecule has 3 rings (SSSR count). The second-order valence-corrected chi connectivity index (χ2v) is 6.72. The molecule has 2 atom stereocenters. The summed E-state index contributed by atoms with van der Waals surface area (Å²) in [6, 6.07) is 1.75. The fourth-order valence-corrected chi connectivity index (χ4v) is 4.21. The molecule has 3 heteroatoms. The highest BCUT2D eigenvalue weighted by molar-refractivity contribution is 4.98. The summed E-state index contributed by atoms with van der Waals surface area (Å²) < 4.78 is 0. The van der Waals surface area contributed by atoms with Crippen molar-refractivity contribution < 1.29 is 0 Å². The lowest BCUT2D eigenvalue weighted by Crippen LogP contribution is -2.47. The summed E-state index contributed by atoms with van der Waals surface area (Å²) in [4.78, 5) is 8.01. The van der Waals surface area contributed by atoms with Crippen molar-refractivity contribution in [3.63, 3.8) is 0 Å². The van der Waals surface area contributed by atoms with Gasteiger partial charge in [-0.2, -0.15) is 0 Å². The third kappa shape index (κ3) is 2.59. The molecule has 0 N–H and O–H groups in total. The van der Waals surface area contributed by atoms with Crippen molar-refractivity contribution in [1.29, 1.82) is 0 Å². The smallest absolute Gasteiger partial charge is 0.0239 e. The van der Waals surface area contributed by atoms with Gasteiger partial charge >= 0.3 is 0 Å². The predicted octanol–water partition coefficient (Wildman–Crippen LogP) is 1.50. The van der Waals surface area contributed by atoms with Crippen LogP contribution in [0.1, 0.15) is 32.6 Å². The molecule has 3 heterocycles. The lowest BCUT2D eigenvalue weighted by Gasteiger charge is -2.37. The van der Waals surface area contributed by atoms with E-state index in [0.717, 1.165) is 18.0 Å². The molecule has 104 valence electrons. The highest BCUT2D eigenvalue weighted by Gasteiger charge is 2.41. The van der Waals surface area contributed by atoms with Crippen molar-refractivity contribution in [2.75, 3.05) is 46.3 Å². The first-order valence-corrected chi connectivity index (χ1v) is 7.93. The molecule has 0 spiro atoms. The fourth-order valence-electron chi connectivity index (χ4n) is 4.21. The van der Waals surface area contributed by atoms with Gasteiger partial charge in [0.25, 0.3) is 0 Å². The van der Waals surface area contributed by atoms with E-state index in [-0.39, 0.29) is 0 Å². The normalized spacial score (nSPS) is 35.7. The van der Waals surface area contributed by atoms with Gasteiger partial charge in [-0.25, -0.2) is 0 Å². The van der Waals surface area contributed by atoms with Crippen molar-refractivity contribution in [2.45, 2.75) is 44.7 Å². The van der Waals surface area contributed by atoms with Gasteiger partial charge in [-0.3, -0.25) is 4.90 Å². The van der Waals surface area contributed by atoms with Crippen LogP contribution >= 0.6 is 0 Å². The van der Waals surface area contributed by atoms with Crippen molar-refractivity contribution in [3.8, 4) is 0 Å². The van der Waals surface area contributed by atoms with E-state index in [1.807, 2.05) is 0 Å². The number of hydrogen-bond donors (Lipinski definition) is 0. The molecule has 3 nitrogen and oxygen atoms in total. The van der Waals surface area contributed by atoms with Crippen LogP contribution in [0.15, 0.2) is 0 Å². The highest BCUT2D eigenvalue weighted by atomic mass is 15.3. The zero-order chi connectivity index (χ0) is 12.5. The van der Waals surface area contributed by atoms with Gasteiger partial charge in [-0.15, -0.1) is 0 Å². The monoisotopic (exact) mass is 251 g/mol. The maximum atomic E-state index is 2.80. The van der Waals surface area contributed by atoms with Crippen molar-refractivity contribution in [2.24, 2.45) is 5.92 Å². The van der Waals surface area contributed by atoms with E-state index in [9.17, 15) is 0 Å². The number of fused-ring (bicyclic) bond motifs is 2. The number of likely N-dealkylation sites (N-methyl/N-ethyl adjacent to an activating group) is 1. The molecular weight excluding hydrogens is 222 g/mol. The Morgan fingerprint density at radius 3 is 2.39 bits per heavy atom. The third-order valence-corrected chi connectivity index (χ3v) is 5.37. The lowest BCUT2D eigenvalue weighted by molar-refractivity contribution is 0.102. The first kappa shape index (κ1) is 12.9. The number of hydrogen-bond acceptors (Lipinski definition) is 3. The third-order valence-electron chi connectivity index (χ3n) is 5.37. The summed E-state index contributed by atoms with van der Waals surface area (Å²) in [5.74, 6) is 0.975. The maximum Gasteiger partial charge on any atom is 0.0239 e. The van der Waals surface area contributed by atoms with Crippen LogP contribution in [0.2, 0.25) is 0 Å². The van der Waals surface area contributed by atoms with Crippen LogP contribution in [0, 0.1) is 5.92 Å². The summed E-state index contributed by atoms with van der Waals surface area (Å²) in [6.07, 6.45) is 5.62. The standard InChI is InChI=1S/C15H29N3/c1-3-6-17-7-4-13(5-8-17)10-18-12-14-9-15(18)11-16(14)2/h13-15H,3-12H2,1-2H3/t14-,15-/m1/s1. The van der Waals surface area contributed by atoms with E-state index >= 15 is 0 Å². The molecule has 0 aromatic carbocycles. The van der Waals surface area contributed by atoms with E-state index in [1.165, 1.54) is 65.0 Å². The Labute approximate surface area is 112 Å². The lowest BCUT2D eigenvalue weighted by atomic mass is 9.95. The SMILES string of the molecule is CCCN1CCC(CN2C[C@H]3C[C@@H]2CN3C)CC1. The second kappa shape index (κ2) is 5.48. The summed E-state index contributed by atoms with van der Waals surface area (Å²) >= 11 is 0. The summed E-state index contributed by atoms with van der Waals surface area (Å²) in [6.45, 7) is 10.3. The van der Waals surface area contributed by atoms with Crippen LogP contribution in [-0.2, 0) is 0 Å². The van der Waals surface area contributed by atoms with Crippen LogP contribution in [0.4, 0.5) is 0 Å². The molecule has 0 saturated carbocycles. The van der Waals surface area contributed by atoms with Gasteiger partial charge in [0.1, 0.15) is 0 Å². The average Bonchev–Trinajstić information content (AvgIpc) is 2.91. The number of rotatable bonds is 4. The summed E-state index contributed by atoms with van der Waals surface area (Å²) in [7, 11) is 2.30. The number of piperazine rings is 1. The molecule has 3 fully saturated rings. The quantitative estimate of drug-likeness (QED) is 0.750. The van der Waals surface area contributed by atoms with E-state index in [2.05, 4.69) is 28.7 Å². The molecule has 0 amide bonds. The van der Waals surface area contributed by atoms with E-state index < -0.39 is 0 Å². The van der Waals surface area contributed by atoms with Crippen LogP contribution in [0.25, 0.3) is 0 Å². The molecule has 0 aromatic heterocycles. The Kier molecular flexibility index (Phi) is 3.92. The fraction of sp³-hybridized carbons (Fsp3) is 1.00. The van der Waals surface area contributed by atoms with E-state index in [1.54, 1.807) is 0 Å². The van der Waals surface area contributed by atoms with Crippen molar-refractivity contribution in [3.05, 3.63) is 0 Å². The molecule has 0 radical (unpaired) electrons. The van der Waals surface area contributed by atoms with Gasteiger partial charge in [0.05, 0.1) is 0 Å². The number of nitrogens with zero attached hydrogens (tertiary/aromatic N) is 3. The first-order chi connectivity index (χ1) is 8.76. The van der Waals surface area contributed by atoms with Gasteiger partial charge in [0.15, 0.2) is 0 Å². The minimum Gasteiger partial charge on any atom is -0.303 e. The largest absolute Gasteiger partial charge is 0.303 e. The van der Waals surface area contributed by atoms with Crippen molar-refractivity contribution in [1.82, 2.24) is 14.7 Å². The molecule has 0 aromatic rings. The minimum absolute atomic E-state index is 0.871. The van der Waals surface area contributed by atoms with Crippen molar-refractivity contribution >= 4 is 0 Å². The molecule has 3 saturated heterocycles. The molecule has 3 aliphatic rings. The molecule has 0 aliphatic carbocycles. The van der Waals surface area contributed by atoms with Gasteiger partial charge in [0, 0.05) is 31.7 Å². The Hall–Kier alpha value is -0.120. The Balaban J connectivity index is 1.43. The zero-order valence-electron chi connectivity index (χ0n) is 12.1. The topological polar surface area (TPSA) is 9.72 Å². The Morgan fingerprint density at radius 1 is 1.06 bits per heavy atom. The van der Waals surface area contributed by atoms with Gasteiger partial charge < -0.3 is 9.80 Å². The van der Waals surface area contributed by atoms with Gasteiger partial charge in [0.2, 0.25) is 0 Å². The molecular formula is C15H29N3. The predicted molar refractivity (Wildman–Crippen MR) is 75.9 cm³/mol. The van der Waals surface area contributed by atoms with Crippen LogP contribution in [-0.4, -0.2) is 73.1 Å². The van der Waals surface area contributed by atoms with Crippen LogP contribution in [0.5, 0.6) is 0 Å².